The molecule has 2 aliphatic rings. The van der Waals surface area contributed by atoms with Gasteiger partial charge in [-0.05, 0) is 54.7 Å². The molecule has 2 aromatic carbocycles. The highest BCUT2D eigenvalue weighted by molar-refractivity contribution is 6.07. The highest BCUT2D eigenvalue weighted by Crippen LogP contribution is 2.40. The molecule has 0 unspecified atom stereocenters. The second kappa shape index (κ2) is 6.55. The summed E-state index contributed by atoms with van der Waals surface area (Å²) in [6.45, 7) is -0.0597. The van der Waals surface area contributed by atoms with Crippen molar-refractivity contribution in [3.63, 3.8) is 0 Å². The molecule has 0 bridgehead atoms. The standard InChI is InChI=1S/C22H18FN3O3/c23-16-9-7-15(8-10-16)18-12-24-19(29-18)13-26-20(27)22(25-21(26)28)11-3-5-14-4-1-2-6-17(14)22/h1-2,4,6-10,12H,3,5,11,13H2,(H,25,28)/t22-/m1/s1. The van der Waals surface area contributed by atoms with Gasteiger partial charge in [0, 0.05) is 5.56 Å². The number of carbonyl (C=O) groups excluding carboxylic acids is 2. The summed E-state index contributed by atoms with van der Waals surface area (Å²) in [5, 5.41) is 2.92. The first-order valence-electron chi connectivity index (χ1n) is 9.50. The van der Waals surface area contributed by atoms with Gasteiger partial charge < -0.3 is 9.73 Å². The maximum Gasteiger partial charge on any atom is 0.325 e. The van der Waals surface area contributed by atoms with Crippen LogP contribution in [0.3, 0.4) is 0 Å². The van der Waals surface area contributed by atoms with Gasteiger partial charge in [-0.15, -0.1) is 0 Å². The summed E-state index contributed by atoms with van der Waals surface area (Å²) in [4.78, 5) is 31.3. The van der Waals surface area contributed by atoms with E-state index >= 15 is 0 Å². The number of rotatable bonds is 3. The molecule has 0 saturated carbocycles. The van der Waals surface area contributed by atoms with Crippen LogP contribution in [0, 0.1) is 5.82 Å². The average molecular weight is 391 g/mol. The summed E-state index contributed by atoms with van der Waals surface area (Å²) in [6, 6.07) is 13.1. The monoisotopic (exact) mass is 391 g/mol. The topological polar surface area (TPSA) is 75.4 Å². The van der Waals surface area contributed by atoms with Gasteiger partial charge in [0.15, 0.2) is 5.76 Å². The van der Waals surface area contributed by atoms with Gasteiger partial charge in [-0.3, -0.25) is 9.69 Å². The Morgan fingerprint density at radius 2 is 1.93 bits per heavy atom. The minimum absolute atomic E-state index is 0.0597. The number of benzene rings is 2. The lowest BCUT2D eigenvalue weighted by molar-refractivity contribution is -0.132. The molecule has 7 heteroatoms. The molecule has 6 nitrogen and oxygen atoms in total. The maximum absolute atomic E-state index is 13.3. The third kappa shape index (κ3) is 2.81. The van der Waals surface area contributed by atoms with Gasteiger partial charge in [-0.25, -0.2) is 14.2 Å². The average Bonchev–Trinajstić information content (AvgIpc) is 3.29. The van der Waals surface area contributed by atoms with E-state index in [1.165, 1.54) is 18.3 Å². The smallest absolute Gasteiger partial charge is 0.325 e. The zero-order valence-electron chi connectivity index (χ0n) is 15.5. The lowest BCUT2D eigenvalue weighted by atomic mass is 9.76. The molecule has 1 fully saturated rings. The second-order valence-corrected chi connectivity index (χ2v) is 7.36. The quantitative estimate of drug-likeness (QED) is 0.690. The number of nitrogens with zero attached hydrogens (tertiary/aromatic N) is 2. The van der Waals surface area contributed by atoms with E-state index in [-0.39, 0.29) is 24.2 Å². The van der Waals surface area contributed by atoms with Crippen molar-refractivity contribution in [3.8, 4) is 11.3 Å². The predicted octanol–water partition coefficient (Wildman–Crippen LogP) is 3.76. The fraction of sp³-hybridized carbons (Fsp3) is 0.227. The summed E-state index contributed by atoms with van der Waals surface area (Å²) in [5.74, 6) is 0.0702. The number of urea groups is 1. The van der Waals surface area contributed by atoms with Gasteiger partial charge in [0.2, 0.25) is 5.89 Å². The Kier molecular flexibility index (Phi) is 3.97. The van der Waals surface area contributed by atoms with Gasteiger partial charge in [0.05, 0.1) is 6.20 Å². The molecule has 1 saturated heterocycles. The number of fused-ring (bicyclic) bond motifs is 2. The number of aryl methyl sites for hydroxylation is 1. The minimum Gasteiger partial charge on any atom is -0.439 e. The Labute approximate surface area is 166 Å². The van der Waals surface area contributed by atoms with Crippen molar-refractivity contribution in [1.82, 2.24) is 15.2 Å². The Hall–Kier alpha value is -3.48. The number of oxazole rings is 1. The van der Waals surface area contributed by atoms with Crippen LogP contribution in [0.1, 0.15) is 29.9 Å². The Morgan fingerprint density at radius 1 is 1.14 bits per heavy atom. The van der Waals surface area contributed by atoms with Crippen molar-refractivity contribution < 1.29 is 18.4 Å². The number of hydrogen-bond donors (Lipinski definition) is 1. The molecule has 5 rings (SSSR count). The largest absolute Gasteiger partial charge is 0.439 e. The highest BCUT2D eigenvalue weighted by Gasteiger charge is 2.54. The van der Waals surface area contributed by atoms with E-state index < -0.39 is 11.6 Å². The van der Waals surface area contributed by atoms with E-state index in [1.807, 2.05) is 24.3 Å². The molecule has 3 aromatic rings. The molecule has 1 aliphatic carbocycles. The number of aromatic nitrogens is 1. The van der Waals surface area contributed by atoms with Crippen LogP contribution in [0.25, 0.3) is 11.3 Å². The fourth-order valence-corrected chi connectivity index (χ4v) is 4.22. The molecule has 1 aliphatic heterocycles. The van der Waals surface area contributed by atoms with Crippen LogP contribution < -0.4 is 5.32 Å². The van der Waals surface area contributed by atoms with Gasteiger partial charge in [0.25, 0.3) is 5.91 Å². The van der Waals surface area contributed by atoms with E-state index in [0.717, 1.165) is 28.9 Å². The van der Waals surface area contributed by atoms with Crippen LogP contribution in [0.2, 0.25) is 0 Å². The Morgan fingerprint density at radius 3 is 2.76 bits per heavy atom. The summed E-state index contributed by atoms with van der Waals surface area (Å²) in [6.07, 6.45) is 3.79. The number of carbonyl (C=O) groups is 2. The first kappa shape index (κ1) is 17.6. The van der Waals surface area contributed by atoms with E-state index in [9.17, 15) is 14.0 Å². The molecular weight excluding hydrogens is 373 g/mol. The lowest BCUT2D eigenvalue weighted by Gasteiger charge is -2.33. The van der Waals surface area contributed by atoms with Crippen molar-refractivity contribution in [3.05, 3.63) is 77.6 Å². The molecule has 1 atom stereocenters. The van der Waals surface area contributed by atoms with Crippen molar-refractivity contribution >= 4 is 11.9 Å². The van der Waals surface area contributed by atoms with Crippen molar-refractivity contribution in [2.45, 2.75) is 31.3 Å². The zero-order valence-corrected chi connectivity index (χ0v) is 15.5. The SMILES string of the molecule is O=C1N[C@@]2(CCCc3ccccc32)C(=O)N1Cc1ncc(-c2ccc(F)cc2)o1. The number of hydrogen-bond acceptors (Lipinski definition) is 4. The summed E-state index contributed by atoms with van der Waals surface area (Å²) >= 11 is 0. The van der Waals surface area contributed by atoms with Crippen molar-refractivity contribution in [2.24, 2.45) is 0 Å². The van der Waals surface area contributed by atoms with Crippen molar-refractivity contribution in [1.29, 1.82) is 0 Å². The lowest BCUT2D eigenvalue weighted by Crippen LogP contribution is -2.46. The third-order valence-electron chi connectivity index (χ3n) is 5.63. The number of amides is 3. The van der Waals surface area contributed by atoms with Crippen LogP contribution in [0.4, 0.5) is 9.18 Å². The summed E-state index contributed by atoms with van der Waals surface area (Å²) in [5.41, 5.74) is 1.61. The van der Waals surface area contributed by atoms with Crippen molar-refractivity contribution in [2.75, 3.05) is 0 Å². The molecule has 1 spiro atoms. The molecule has 0 radical (unpaired) electrons. The van der Waals surface area contributed by atoms with E-state index in [2.05, 4.69) is 10.3 Å². The van der Waals surface area contributed by atoms with Gasteiger partial charge in [-0.1, -0.05) is 24.3 Å². The molecule has 146 valence electrons. The number of imide groups is 1. The van der Waals surface area contributed by atoms with Gasteiger partial charge in [0.1, 0.15) is 17.9 Å². The molecule has 1 aromatic heterocycles. The summed E-state index contributed by atoms with van der Waals surface area (Å²) < 4.78 is 18.8. The molecule has 3 amide bonds. The summed E-state index contributed by atoms with van der Waals surface area (Å²) in [7, 11) is 0. The Balaban J connectivity index is 1.42. The van der Waals surface area contributed by atoms with Crippen LogP contribution in [0.15, 0.2) is 59.1 Å². The zero-order chi connectivity index (χ0) is 20.0. The first-order valence-corrected chi connectivity index (χ1v) is 9.50. The van der Waals surface area contributed by atoms with Crippen LogP contribution >= 0.6 is 0 Å². The molecular formula is C22H18FN3O3. The van der Waals surface area contributed by atoms with Gasteiger partial charge in [-0.2, -0.15) is 0 Å². The number of halogens is 1. The van der Waals surface area contributed by atoms with Crippen LogP contribution in [-0.2, 0) is 23.3 Å². The molecule has 2 heterocycles. The first-order chi connectivity index (χ1) is 14.1. The number of nitrogens with one attached hydrogen (secondary N) is 1. The predicted molar refractivity (Wildman–Crippen MR) is 102 cm³/mol. The van der Waals surface area contributed by atoms with Crippen LogP contribution in [0.5, 0.6) is 0 Å². The van der Waals surface area contributed by atoms with Crippen LogP contribution in [-0.4, -0.2) is 21.8 Å². The van der Waals surface area contributed by atoms with E-state index in [0.29, 0.717) is 17.7 Å². The normalized spacial score (nSPS) is 20.8. The van der Waals surface area contributed by atoms with E-state index in [1.54, 1.807) is 12.1 Å². The minimum atomic E-state index is -1.02. The fourth-order valence-electron chi connectivity index (χ4n) is 4.22. The Bertz CT molecular complexity index is 1110. The van der Waals surface area contributed by atoms with Gasteiger partial charge >= 0.3 is 6.03 Å². The second-order valence-electron chi connectivity index (χ2n) is 7.36. The van der Waals surface area contributed by atoms with E-state index in [4.69, 9.17) is 4.42 Å². The molecule has 1 N–H and O–H groups in total. The molecule has 29 heavy (non-hydrogen) atoms. The highest BCUT2D eigenvalue weighted by atomic mass is 19.1. The third-order valence-corrected chi connectivity index (χ3v) is 5.63. The maximum atomic E-state index is 13.3.